The predicted octanol–water partition coefficient (Wildman–Crippen LogP) is 3.36. The molecule has 0 saturated carbocycles. The largest absolute Gasteiger partial charge is 0.261 e. The second-order valence-electron chi connectivity index (χ2n) is 2.98. The summed E-state index contributed by atoms with van der Waals surface area (Å²) in [4.78, 5) is 3.98. The lowest BCUT2D eigenvalue weighted by Gasteiger charge is -2.00. The Bertz CT molecular complexity index is 481. The lowest BCUT2D eigenvalue weighted by Crippen LogP contribution is -1.90. The molecule has 0 bridgehead atoms. The Labute approximate surface area is 101 Å². The first-order valence-corrected chi connectivity index (χ1v) is 5.29. The second kappa shape index (κ2) is 4.39. The Kier molecular flexibility index (Phi) is 3.14. The minimum absolute atomic E-state index is 0.213. The third-order valence-electron chi connectivity index (χ3n) is 1.86. The van der Waals surface area contributed by atoms with Crippen molar-refractivity contribution in [2.45, 2.75) is 6.42 Å². The molecule has 0 aliphatic rings. The first kappa shape index (κ1) is 10.7. The van der Waals surface area contributed by atoms with E-state index in [9.17, 15) is 0 Å². The summed E-state index contributed by atoms with van der Waals surface area (Å²) in [5.74, 6) is 0.693. The topological polar surface area (TPSA) is 41.6 Å². The van der Waals surface area contributed by atoms with E-state index in [1.165, 1.54) is 0 Å². The van der Waals surface area contributed by atoms with Gasteiger partial charge in [0.15, 0.2) is 0 Å². The van der Waals surface area contributed by atoms with E-state index in [0.717, 1.165) is 5.56 Å². The molecule has 0 amide bonds. The summed E-state index contributed by atoms with van der Waals surface area (Å²) < 4.78 is 0. The summed E-state index contributed by atoms with van der Waals surface area (Å²) in [7, 11) is 0. The molecule has 0 unspecified atom stereocenters. The lowest BCUT2D eigenvalue weighted by atomic mass is 10.1. The molecule has 1 aromatic carbocycles. The number of H-pyrrole nitrogens is 1. The highest BCUT2D eigenvalue weighted by molar-refractivity contribution is 6.42. The van der Waals surface area contributed by atoms with Gasteiger partial charge in [0.2, 0.25) is 5.28 Å². The fourth-order valence-corrected chi connectivity index (χ4v) is 1.66. The van der Waals surface area contributed by atoms with Crippen molar-refractivity contribution in [3.63, 3.8) is 0 Å². The summed E-state index contributed by atoms with van der Waals surface area (Å²) in [6.45, 7) is 0. The Hall–Kier alpha value is -0.770. The van der Waals surface area contributed by atoms with Crippen molar-refractivity contribution in [3.8, 4) is 0 Å². The third kappa shape index (κ3) is 2.62. The molecule has 1 N–H and O–H groups in total. The van der Waals surface area contributed by atoms with Gasteiger partial charge in [-0.1, -0.05) is 29.3 Å². The number of rotatable bonds is 2. The number of aromatic amines is 1. The summed E-state index contributed by atoms with van der Waals surface area (Å²) in [5, 5.41) is 7.72. The normalized spacial score (nSPS) is 10.6. The van der Waals surface area contributed by atoms with Gasteiger partial charge < -0.3 is 0 Å². The smallest absolute Gasteiger partial charge is 0.242 e. The number of halogens is 3. The van der Waals surface area contributed by atoms with Crippen LogP contribution in [0.3, 0.4) is 0 Å². The standard InChI is InChI=1S/C9H6Cl3N3/c10-6-2-1-5(3-7(6)11)4-8-13-9(12)15-14-8/h1-3H,4H2,(H,13,14,15). The zero-order valence-electron chi connectivity index (χ0n) is 7.47. The van der Waals surface area contributed by atoms with Crippen LogP contribution < -0.4 is 0 Å². The van der Waals surface area contributed by atoms with Crippen molar-refractivity contribution in [2.24, 2.45) is 0 Å². The minimum Gasteiger partial charge on any atom is -0.261 e. The average molecular weight is 263 g/mol. The Morgan fingerprint density at radius 3 is 2.53 bits per heavy atom. The molecular formula is C9H6Cl3N3. The van der Waals surface area contributed by atoms with E-state index in [4.69, 9.17) is 34.8 Å². The molecule has 2 rings (SSSR count). The molecule has 0 aliphatic carbocycles. The molecule has 0 fully saturated rings. The zero-order chi connectivity index (χ0) is 10.8. The first-order valence-electron chi connectivity index (χ1n) is 4.16. The number of benzene rings is 1. The maximum absolute atomic E-state index is 5.88. The number of nitrogens with one attached hydrogen (secondary N) is 1. The van der Waals surface area contributed by atoms with Gasteiger partial charge in [-0.25, -0.2) is 4.98 Å². The van der Waals surface area contributed by atoms with Crippen molar-refractivity contribution in [3.05, 3.63) is 44.9 Å². The van der Waals surface area contributed by atoms with Gasteiger partial charge in [0.1, 0.15) is 5.82 Å². The van der Waals surface area contributed by atoms with Gasteiger partial charge in [-0.15, -0.1) is 5.10 Å². The molecule has 1 heterocycles. The van der Waals surface area contributed by atoms with Crippen LogP contribution >= 0.6 is 34.8 Å². The van der Waals surface area contributed by atoms with Crippen molar-refractivity contribution >= 4 is 34.8 Å². The van der Waals surface area contributed by atoms with Crippen molar-refractivity contribution < 1.29 is 0 Å². The molecular weight excluding hydrogens is 256 g/mol. The van der Waals surface area contributed by atoms with E-state index in [0.29, 0.717) is 22.3 Å². The van der Waals surface area contributed by atoms with Crippen LogP contribution in [0.2, 0.25) is 15.3 Å². The zero-order valence-corrected chi connectivity index (χ0v) is 9.74. The summed E-state index contributed by atoms with van der Waals surface area (Å²) in [6.07, 6.45) is 0.594. The highest BCUT2D eigenvalue weighted by Crippen LogP contribution is 2.23. The SMILES string of the molecule is Clc1n[nH]c(Cc2ccc(Cl)c(Cl)c2)n1. The monoisotopic (exact) mass is 261 g/mol. The van der Waals surface area contributed by atoms with Crippen LogP contribution in [0.1, 0.15) is 11.4 Å². The van der Waals surface area contributed by atoms with Crippen LogP contribution in [0.5, 0.6) is 0 Å². The average Bonchev–Trinajstić information content (AvgIpc) is 2.58. The maximum atomic E-state index is 5.88. The molecule has 0 atom stereocenters. The number of aromatic nitrogens is 3. The van der Waals surface area contributed by atoms with Gasteiger partial charge in [-0.05, 0) is 29.3 Å². The van der Waals surface area contributed by atoms with Gasteiger partial charge in [0, 0.05) is 6.42 Å². The highest BCUT2D eigenvalue weighted by atomic mass is 35.5. The molecule has 0 aliphatic heterocycles. The first-order chi connectivity index (χ1) is 7.15. The van der Waals surface area contributed by atoms with E-state index in [1.807, 2.05) is 6.07 Å². The quantitative estimate of drug-likeness (QED) is 0.902. The molecule has 0 saturated heterocycles. The van der Waals surface area contributed by atoms with Crippen LogP contribution in [-0.2, 0) is 6.42 Å². The lowest BCUT2D eigenvalue weighted by molar-refractivity contribution is 0.972. The Balaban J connectivity index is 2.21. The molecule has 15 heavy (non-hydrogen) atoms. The van der Waals surface area contributed by atoms with Crippen molar-refractivity contribution in [1.82, 2.24) is 15.2 Å². The molecule has 78 valence electrons. The van der Waals surface area contributed by atoms with E-state index in [-0.39, 0.29) is 5.28 Å². The maximum Gasteiger partial charge on any atom is 0.242 e. The molecule has 0 radical (unpaired) electrons. The highest BCUT2D eigenvalue weighted by Gasteiger charge is 2.04. The molecule has 0 spiro atoms. The van der Waals surface area contributed by atoms with Crippen molar-refractivity contribution in [1.29, 1.82) is 0 Å². The number of nitrogens with zero attached hydrogens (tertiary/aromatic N) is 2. The molecule has 3 nitrogen and oxygen atoms in total. The van der Waals surface area contributed by atoms with Crippen LogP contribution in [-0.4, -0.2) is 15.2 Å². The predicted molar refractivity (Wildman–Crippen MR) is 60.7 cm³/mol. The van der Waals surface area contributed by atoms with E-state index >= 15 is 0 Å². The minimum atomic E-state index is 0.213. The third-order valence-corrected chi connectivity index (χ3v) is 2.77. The van der Waals surface area contributed by atoms with Crippen LogP contribution in [0, 0.1) is 0 Å². The summed E-state index contributed by atoms with van der Waals surface area (Å²) >= 11 is 17.3. The second-order valence-corrected chi connectivity index (χ2v) is 4.13. The van der Waals surface area contributed by atoms with E-state index in [1.54, 1.807) is 12.1 Å². The van der Waals surface area contributed by atoms with E-state index < -0.39 is 0 Å². The van der Waals surface area contributed by atoms with Gasteiger partial charge in [-0.3, -0.25) is 5.10 Å². The fraction of sp³-hybridized carbons (Fsp3) is 0.111. The number of hydrogen-bond acceptors (Lipinski definition) is 2. The van der Waals surface area contributed by atoms with E-state index in [2.05, 4.69) is 15.2 Å². The van der Waals surface area contributed by atoms with Gasteiger partial charge >= 0.3 is 0 Å². The molecule has 1 aromatic heterocycles. The fourth-order valence-electron chi connectivity index (χ4n) is 1.19. The summed E-state index contributed by atoms with van der Waals surface area (Å²) in [5.41, 5.74) is 0.997. The van der Waals surface area contributed by atoms with Crippen LogP contribution in [0.4, 0.5) is 0 Å². The van der Waals surface area contributed by atoms with Crippen LogP contribution in [0.25, 0.3) is 0 Å². The number of hydrogen-bond donors (Lipinski definition) is 1. The van der Waals surface area contributed by atoms with Gasteiger partial charge in [-0.2, -0.15) is 0 Å². The van der Waals surface area contributed by atoms with Crippen molar-refractivity contribution in [2.75, 3.05) is 0 Å². The van der Waals surface area contributed by atoms with Crippen LogP contribution in [0.15, 0.2) is 18.2 Å². The van der Waals surface area contributed by atoms with Gasteiger partial charge in [0.05, 0.1) is 10.0 Å². The summed E-state index contributed by atoms with van der Waals surface area (Å²) in [6, 6.07) is 5.42. The molecule has 6 heteroatoms. The van der Waals surface area contributed by atoms with Gasteiger partial charge in [0.25, 0.3) is 0 Å². The Morgan fingerprint density at radius 1 is 1.13 bits per heavy atom. The Morgan fingerprint density at radius 2 is 1.93 bits per heavy atom. The molecule has 2 aromatic rings.